The zero-order valence-corrected chi connectivity index (χ0v) is 14.3. The molecule has 2 rings (SSSR count). The van der Waals surface area contributed by atoms with Crippen LogP contribution in [-0.2, 0) is 20.9 Å². The van der Waals surface area contributed by atoms with Crippen LogP contribution < -0.4 is 16.4 Å². The van der Waals surface area contributed by atoms with Gasteiger partial charge in [0.2, 0.25) is 17.7 Å². The van der Waals surface area contributed by atoms with E-state index in [-0.39, 0.29) is 48.3 Å². The van der Waals surface area contributed by atoms with Gasteiger partial charge in [-0.25, -0.2) is 4.39 Å². The number of carbonyl (C=O) groups is 3. The Kier molecular flexibility index (Phi) is 6.72. The number of nitrogens with zero attached hydrogens (tertiary/aromatic N) is 1. The van der Waals surface area contributed by atoms with Crippen LogP contribution in [-0.4, -0.2) is 48.3 Å². The van der Waals surface area contributed by atoms with Crippen molar-refractivity contribution in [2.75, 3.05) is 19.6 Å². The molecule has 0 bridgehead atoms. The quantitative estimate of drug-likeness (QED) is 0.636. The van der Waals surface area contributed by atoms with Gasteiger partial charge in [0, 0.05) is 43.2 Å². The van der Waals surface area contributed by atoms with Gasteiger partial charge in [0.1, 0.15) is 5.82 Å². The normalized spacial score (nSPS) is 17.8. The minimum Gasteiger partial charge on any atom is -0.370 e. The minimum atomic E-state index is -0.738. The number of carbonyl (C=O) groups excluding carboxylic acids is 3. The molecular formula is C16H20ClFN4O3. The van der Waals surface area contributed by atoms with E-state index in [2.05, 4.69) is 10.6 Å². The Hall–Kier alpha value is -2.19. The SMILES string of the molecule is NC(=O)CCNC(=O)CC1C(=O)NCCN1Cc1c(F)cccc1Cl. The molecule has 1 aromatic carbocycles. The summed E-state index contributed by atoms with van der Waals surface area (Å²) in [6.45, 7) is 1.11. The second-order valence-electron chi connectivity index (χ2n) is 5.75. The number of amides is 3. The molecule has 7 nitrogen and oxygen atoms in total. The highest BCUT2D eigenvalue weighted by atomic mass is 35.5. The van der Waals surface area contributed by atoms with Gasteiger partial charge in [-0.2, -0.15) is 0 Å². The third-order valence-electron chi connectivity index (χ3n) is 3.94. The first kappa shape index (κ1) is 19.1. The lowest BCUT2D eigenvalue weighted by Crippen LogP contribution is -2.56. The Labute approximate surface area is 149 Å². The van der Waals surface area contributed by atoms with Crippen LogP contribution in [0.1, 0.15) is 18.4 Å². The maximum Gasteiger partial charge on any atom is 0.237 e. The summed E-state index contributed by atoms with van der Waals surface area (Å²) in [5.74, 6) is -1.66. The number of halogens is 2. The Balaban J connectivity index is 2.04. The maximum absolute atomic E-state index is 14.0. The molecule has 1 unspecified atom stereocenters. The van der Waals surface area contributed by atoms with Gasteiger partial charge in [-0.1, -0.05) is 17.7 Å². The summed E-state index contributed by atoms with van der Waals surface area (Å²) in [7, 11) is 0. The van der Waals surface area contributed by atoms with Gasteiger partial charge in [0.05, 0.1) is 12.5 Å². The highest BCUT2D eigenvalue weighted by Gasteiger charge is 2.32. The molecule has 1 aliphatic heterocycles. The molecule has 0 saturated carbocycles. The second-order valence-corrected chi connectivity index (χ2v) is 6.16. The molecule has 3 amide bonds. The summed E-state index contributed by atoms with van der Waals surface area (Å²) < 4.78 is 14.0. The fourth-order valence-electron chi connectivity index (χ4n) is 2.63. The van der Waals surface area contributed by atoms with Crippen molar-refractivity contribution in [3.05, 3.63) is 34.6 Å². The van der Waals surface area contributed by atoms with Crippen LogP contribution in [0.15, 0.2) is 18.2 Å². The maximum atomic E-state index is 14.0. The van der Waals surface area contributed by atoms with Crippen LogP contribution in [0.3, 0.4) is 0 Å². The molecule has 25 heavy (non-hydrogen) atoms. The zero-order valence-electron chi connectivity index (χ0n) is 13.6. The van der Waals surface area contributed by atoms with Gasteiger partial charge in [-0.3, -0.25) is 19.3 Å². The summed E-state index contributed by atoms with van der Waals surface area (Å²) in [5.41, 5.74) is 5.30. The van der Waals surface area contributed by atoms with Crippen molar-refractivity contribution < 1.29 is 18.8 Å². The Bertz CT molecular complexity index is 651. The van der Waals surface area contributed by atoms with Crippen LogP contribution >= 0.6 is 11.6 Å². The lowest BCUT2D eigenvalue weighted by Gasteiger charge is -2.35. The van der Waals surface area contributed by atoms with Gasteiger partial charge in [0.25, 0.3) is 0 Å². The van der Waals surface area contributed by atoms with E-state index < -0.39 is 17.8 Å². The van der Waals surface area contributed by atoms with Crippen molar-refractivity contribution in [3.63, 3.8) is 0 Å². The third kappa shape index (κ3) is 5.40. The Morgan fingerprint density at radius 2 is 2.20 bits per heavy atom. The molecule has 1 fully saturated rings. The standard InChI is InChI=1S/C16H20ClFN4O3/c17-11-2-1-3-12(18)10(11)9-22-7-6-21-16(25)13(22)8-15(24)20-5-4-14(19)23/h1-3,13H,4-9H2,(H2,19,23)(H,20,24)(H,21,25). The van der Waals surface area contributed by atoms with Crippen LogP contribution in [0.25, 0.3) is 0 Å². The monoisotopic (exact) mass is 370 g/mol. The van der Waals surface area contributed by atoms with Gasteiger partial charge in [-0.15, -0.1) is 0 Å². The van der Waals surface area contributed by atoms with E-state index in [0.29, 0.717) is 13.1 Å². The van der Waals surface area contributed by atoms with Crippen molar-refractivity contribution in [1.82, 2.24) is 15.5 Å². The molecule has 1 saturated heterocycles. The molecule has 1 atom stereocenters. The summed E-state index contributed by atoms with van der Waals surface area (Å²) in [4.78, 5) is 36.6. The number of benzene rings is 1. The number of rotatable bonds is 7. The largest absolute Gasteiger partial charge is 0.370 e. The van der Waals surface area contributed by atoms with Crippen molar-refractivity contribution in [1.29, 1.82) is 0 Å². The smallest absolute Gasteiger partial charge is 0.237 e. The van der Waals surface area contributed by atoms with Crippen LogP contribution in [0.4, 0.5) is 4.39 Å². The molecule has 1 aromatic rings. The third-order valence-corrected chi connectivity index (χ3v) is 4.29. The minimum absolute atomic E-state index is 0.0250. The van der Waals surface area contributed by atoms with E-state index in [4.69, 9.17) is 17.3 Å². The number of primary amides is 1. The summed E-state index contributed by atoms with van der Waals surface area (Å²) >= 11 is 6.05. The predicted molar refractivity (Wildman–Crippen MR) is 90.1 cm³/mol. The first-order valence-electron chi connectivity index (χ1n) is 7.88. The zero-order chi connectivity index (χ0) is 18.4. The lowest BCUT2D eigenvalue weighted by atomic mass is 10.1. The van der Waals surface area contributed by atoms with E-state index in [1.54, 1.807) is 11.0 Å². The topological polar surface area (TPSA) is 105 Å². The highest BCUT2D eigenvalue weighted by molar-refractivity contribution is 6.31. The highest BCUT2D eigenvalue weighted by Crippen LogP contribution is 2.23. The van der Waals surface area contributed by atoms with Crippen LogP contribution in [0, 0.1) is 5.82 Å². The van der Waals surface area contributed by atoms with Gasteiger partial charge in [-0.05, 0) is 12.1 Å². The van der Waals surface area contributed by atoms with Crippen molar-refractivity contribution in [2.24, 2.45) is 5.73 Å². The fraction of sp³-hybridized carbons (Fsp3) is 0.438. The van der Waals surface area contributed by atoms with E-state index in [1.165, 1.54) is 12.1 Å². The number of piperazine rings is 1. The molecular weight excluding hydrogens is 351 g/mol. The Morgan fingerprint density at radius 1 is 1.44 bits per heavy atom. The molecule has 9 heteroatoms. The molecule has 1 aliphatic rings. The molecule has 0 spiro atoms. The van der Waals surface area contributed by atoms with Crippen LogP contribution in [0.2, 0.25) is 5.02 Å². The van der Waals surface area contributed by atoms with E-state index in [1.807, 2.05) is 0 Å². The first-order valence-corrected chi connectivity index (χ1v) is 8.26. The average Bonchev–Trinajstić information content (AvgIpc) is 2.53. The van der Waals surface area contributed by atoms with Crippen molar-refractivity contribution in [2.45, 2.75) is 25.4 Å². The molecule has 0 aliphatic carbocycles. The number of hydrogen-bond acceptors (Lipinski definition) is 4. The summed E-state index contributed by atoms with van der Waals surface area (Å²) in [6.07, 6.45) is -0.0756. The van der Waals surface area contributed by atoms with E-state index in [9.17, 15) is 18.8 Å². The van der Waals surface area contributed by atoms with Gasteiger partial charge < -0.3 is 16.4 Å². The van der Waals surface area contributed by atoms with Crippen molar-refractivity contribution in [3.8, 4) is 0 Å². The second kappa shape index (κ2) is 8.77. The number of nitrogens with two attached hydrogens (primary N) is 1. The molecule has 136 valence electrons. The molecule has 4 N–H and O–H groups in total. The fourth-order valence-corrected chi connectivity index (χ4v) is 2.86. The van der Waals surface area contributed by atoms with E-state index in [0.717, 1.165) is 0 Å². The first-order chi connectivity index (χ1) is 11.9. The molecule has 1 heterocycles. The molecule has 0 radical (unpaired) electrons. The van der Waals surface area contributed by atoms with Crippen molar-refractivity contribution >= 4 is 29.3 Å². The predicted octanol–water partition coefficient (Wildman–Crippen LogP) is 0.161. The van der Waals surface area contributed by atoms with E-state index >= 15 is 0 Å². The average molecular weight is 371 g/mol. The van der Waals surface area contributed by atoms with Crippen LogP contribution in [0.5, 0.6) is 0 Å². The Morgan fingerprint density at radius 3 is 2.88 bits per heavy atom. The lowest BCUT2D eigenvalue weighted by molar-refractivity contribution is -0.134. The summed E-state index contributed by atoms with van der Waals surface area (Å²) in [5, 5.41) is 5.51. The number of nitrogens with one attached hydrogen (secondary N) is 2. The van der Waals surface area contributed by atoms with Gasteiger partial charge in [0.15, 0.2) is 0 Å². The van der Waals surface area contributed by atoms with Gasteiger partial charge >= 0.3 is 0 Å². The number of hydrogen-bond donors (Lipinski definition) is 3. The molecule has 0 aromatic heterocycles. The summed E-state index contributed by atoms with van der Waals surface area (Å²) in [6, 6.07) is 3.65.